The van der Waals surface area contributed by atoms with E-state index in [0.29, 0.717) is 11.8 Å². The Labute approximate surface area is 107 Å². The molecular formula is C12H20ClFN2O. The highest BCUT2D eigenvalue weighted by Gasteiger charge is 1.98. The molecule has 1 rings (SSSR count). The van der Waals surface area contributed by atoms with Gasteiger partial charge in [-0.15, -0.1) is 0 Å². The minimum absolute atomic E-state index is 0.148. The largest absolute Gasteiger partial charge is 0.329 e. The quantitative estimate of drug-likeness (QED) is 0.823. The summed E-state index contributed by atoms with van der Waals surface area (Å²) in [5, 5.41) is 3.04. The van der Waals surface area contributed by atoms with Gasteiger partial charge in [0.2, 0.25) is 0 Å². The standard InChI is InChI=1S/C7H4ClFO.C3H10N2.C2H6/c8-7-3-6(9)2-1-5(7)4-10;1-5-3-2-4;1-2/h1-4H;5H,2-4H2,1H3;1-2H3. The number of hydrogen-bond acceptors (Lipinski definition) is 3. The number of hydrogen-bond donors (Lipinski definition) is 2. The van der Waals surface area contributed by atoms with E-state index in [2.05, 4.69) is 5.32 Å². The third kappa shape index (κ3) is 9.93. The molecule has 0 saturated heterocycles. The molecule has 0 aliphatic carbocycles. The number of likely N-dealkylation sites (N-methyl/N-ethyl adjacent to an activating group) is 1. The van der Waals surface area contributed by atoms with Crippen LogP contribution in [-0.2, 0) is 0 Å². The molecule has 0 aliphatic heterocycles. The topological polar surface area (TPSA) is 55.1 Å². The van der Waals surface area contributed by atoms with Crippen LogP contribution in [0.1, 0.15) is 24.2 Å². The van der Waals surface area contributed by atoms with Crippen molar-refractivity contribution in [1.82, 2.24) is 5.32 Å². The fourth-order valence-corrected chi connectivity index (χ4v) is 0.953. The van der Waals surface area contributed by atoms with Gasteiger partial charge in [-0.2, -0.15) is 0 Å². The van der Waals surface area contributed by atoms with Crippen LogP contribution in [0.4, 0.5) is 4.39 Å². The van der Waals surface area contributed by atoms with Crippen molar-refractivity contribution >= 4 is 17.9 Å². The maximum Gasteiger partial charge on any atom is 0.151 e. The zero-order chi connectivity index (χ0) is 13.7. The van der Waals surface area contributed by atoms with Crippen molar-refractivity contribution in [1.29, 1.82) is 0 Å². The lowest BCUT2D eigenvalue weighted by Gasteiger charge is -1.92. The number of aldehydes is 1. The Kier molecular flexibility index (Phi) is 14.2. The molecule has 0 spiro atoms. The zero-order valence-corrected chi connectivity index (χ0v) is 11.2. The van der Waals surface area contributed by atoms with Crippen molar-refractivity contribution in [3.8, 4) is 0 Å². The lowest BCUT2D eigenvalue weighted by atomic mass is 10.2. The Morgan fingerprint density at radius 2 is 2.06 bits per heavy atom. The van der Waals surface area contributed by atoms with Gasteiger partial charge in [0, 0.05) is 18.7 Å². The predicted octanol–water partition coefficient (Wildman–Crippen LogP) is 2.48. The predicted molar refractivity (Wildman–Crippen MR) is 71.1 cm³/mol. The fourth-order valence-electron chi connectivity index (χ4n) is 0.741. The summed E-state index contributed by atoms with van der Waals surface area (Å²) >= 11 is 5.46. The lowest BCUT2D eigenvalue weighted by molar-refractivity contribution is 0.112. The molecule has 0 aliphatic rings. The fraction of sp³-hybridized carbons (Fsp3) is 0.417. The Morgan fingerprint density at radius 3 is 2.35 bits per heavy atom. The molecule has 0 atom stereocenters. The smallest absolute Gasteiger partial charge is 0.151 e. The Balaban J connectivity index is 0. The van der Waals surface area contributed by atoms with Gasteiger partial charge in [-0.05, 0) is 25.2 Å². The number of benzene rings is 1. The molecule has 0 radical (unpaired) electrons. The first kappa shape index (κ1) is 18.4. The van der Waals surface area contributed by atoms with Gasteiger partial charge in [-0.3, -0.25) is 4.79 Å². The van der Waals surface area contributed by atoms with Gasteiger partial charge in [0.15, 0.2) is 6.29 Å². The highest BCUT2D eigenvalue weighted by atomic mass is 35.5. The van der Waals surface area contributed by atoms with E-state index in [9.17, 15) is 9.18 Å². The van der Waals surface area contributed by atoms with Crippen molar-refractivity contribution in [3.05, 3.63) is 34.6 Å². The van der Waals surface area contributed by atoms with E-state index in [1.807, 2.05) is 20.9 Å². The molecule has 3 N–H and O–H groups in total. The zero-order valence-electron chi connectivity index (χ0n) is 10.5. The normalized spacial score (nSPS) is 8.35. The Bertz CT molecular complexity index is 307. The third-order valence-electron chi connectivity index (χ3n) is 1.48. The minimum atomic E-state index is -0.435. The summed E-state index contributed by atoms with van der Waals surface area (Å²) in [4.78, 5) is 10.1. The molecule has 5 heteroatoms. The first-order valence-corrected chi connectivity index (χ1v) is 5.78. The number of nitrogens with two attached hydrogens (primary N) is 1. The van der Waals surface area contributed by atoms with E-state index in [4.69, 9.17) is 17.3 Å². The van der Waals surface area contributed by atoms with Crippen LogP contribution in [0.3, 0.4) is 0 Å². The van der Waals surface area contributed by atoms with E-state index in [0.717, 1.165) is 19.2 Å². The second kappa shape index (κ2) is 13.1. The van der Waals surface area contributed by atoms with E-state index >= 15 is 0 Å². The monoisotopic (exact) mass is 262 g/mol. The van der Waals surface area contributed by atoms with Crippen molar-refractivity contribution < 1.29 is 9.18 Å². The molecule has 0 saturated carbocycles. The van der Waals surface area contributed by atoms with Gasteiger partial charge in [0.1, 0.15) is 5.82 Å². The maximum atomic E-state index is 12.3. The summed E-state index contributed by atoms with van der Waals surface area (Å²) in [5.74, 6) is -0.435. The lowest BCUT2D eigenvalue weighted by Crippen LogP contribution is -2.17. The Hall–Kier alpha value is -0.970. The Morgan fingerprint density at radius 1 is 1.47 bits per heavy atom. The molecule has 0 heterocycles. The van der Waals surface area contributed by atoms with Crippen LogP contribution in [0, 0.1) is 5.82 Å². The highest BCUT2D eigenvalue weighted by Crippen LogP contribution is 2.14. The number of carbonyl (C=O) groups excluding carboxylic acids is 1. The molecule has 98 valence electrons. The second-order valence-corrected chi connectivity index (χ2v) is 3.08. The van der Waals surface area contributed by atoms with Gasteiger partial charge >= 0.3 is 0 Å². The molecule has 0 amide bonds. The van der Waals surface area contributed by atoms with Crippen LogP contribution in [0.5, 0.6) is 0 Å². The van der Waals surface area contributed by atoms with E-state index in [1.54, 1.807) is 0 Å². The molecule has 0 unspecified atom stereocenters. The highest BCUT2D eigenvalue weighted by molar-refractivity contribution is 6.32. The van der Waals surface area contributed by atoms with Crippen molar-refractivity contribution in [2.45, 2.75) is 13.8 Å². The number of halogens is 2. The average molecular weight is 263 g/mol. The minimum Gasteiger partial charge on any atom is -0.329 e. The number of rotatable bonds is 3. The second-order valence-electron chi connectivity index (χ2n) is 2.68. The van der Waals surface area contributed by atoms with Gasteiger partial charge in [-0.25, -0.2) is 4.39 Å². The molecule has 1 aromatic rings. The van der Waals surface area contributed by atoms with Crippen molar-refractivity contribution in [2.24, 2.45) is 5.73 Å². The molecule has 3 nitrogen and oxygen atoms in total. The van der Waals surface area contributed by atoms with Crippen LogP contribution >= 0.6 is 11.6 Å². The van der Waals surface area contributed by atoms with Crippen molar-refractivity contribution in [3.63, 3.8) is 0 Å². The average Bonchev–Trinajstić information content (AvgIpc) is 2.34. The first-order valence-electron chi connectivity index (χ1n) is 5.40. The summed E-state index contributed by atoms with van der Waals surface area (Å²) in [6.45, 7) is 5.65. The van der Waals surface area contributed by atoms with Crippen molar-refractivity contribution in [2.75, 3.05) is 20.1 Å². The molecule has 0 aromatic heterocycles. The van der Waals surface area contributed by atoms with Gasteiger partial charge in [-0.1, -0.05) is 25.4 Å². The van der Waals surface area contributed by atoms with E-state index < -0.39 is 5.82 Å². The van der Waals surface area contributed by atoms with Gasteiger partial charge in [0.25, 0.3) is 0 Å². The van der Waals surface area contributed by atoms with Crippen LogP contribution < -0.4 is 11.1 Å². The van der Waals surface area contributed by atoms with Gasteiger partial charge < -0.3 is 11.1 Å². The summed E-state index contributed by atoms with van der Waals surface area (Å²) in [6, 6.07) is 3.63. The maximum absolute atomic E-state index is 12.3. The van der Waals surface area contributed by atoms with Crippen LogP contribution in [-0.4, -0.2) is 26.4 Å². The van der Waals surface area contributed by atoms with Crippen LogP contribution in [0.2, 0.25) is 5.02 Å². The molecular weight excluding hydrogens is 243 g/mol. The van der Waals surface area contributed by atoms with E-state index in [1.165, 1.54) is 12.1 Å². The third-order valence-corrected chi connectivity index (χ3v) is 1.81. The number of carbonyl (C=O) groups is 1. The van der Waals surface area contributed by atoms with Crippen LogP contribution in [0.15, 0.2) is 18.2 Å². The summed E-state index contributed by atoms with van der Waals surface area (Å²) < 4.78 is 12.3. The summed E-state index contributed by atoms with van der Waals surface area (Å²) in [7, 11) is 1.88. The van der Waals surface area contributed by atoms with Crippen LogP contribution in [0.25, 0.3) is 0 Å². The number of nitrogens with one attached hydrogen (secondary N) is 1. The molecule has 17 heavy (non-hydrogen) atoms. The van der Waals surface area contributed by atoms with Gasteiger partial charge in [0.05, 0.1) is 5.02 Å². The van der Waals surface area contributed by atoms with E-state index in [-0.39, 0.29) is 5.02 Å². The summed E-state index contributed by atoms with van der Waals surface area (Å²) in [6.07, 6.45) is 0.585. The molecule has 1 aromatic carbocycles. The molecule has 0 fully saturated rings. The molecule has 0 bridgehead atoms. The SMILES string of the molecule is CC.CNCCN.O=Cc1ccc(F)cc1Cl. The summed E-state index contributed by atoms with van der Waals surface area (Å²) in [5.41, 5.74) is 5.38. The first-order chi connectivity index (χ1) is 8.15.